The van der Waals surface area contributed by atoms with Gasteiger partial charge in [0.25, 0.3) is 0 Å². The fourth-order valence-corrected chi connectivity index (χ4v) is 2.09. The molecule has 0 saturated carbocycles. The third-order valence-corrected chi connectivity index (χ3v) is 3.24. The molecule has 0 fully saturated rings. The Hall–Kier alpha value is -0.206. The second-order valence-electron chi connectivity index (χ2n) is 7.28. The predicted molar refractivity (Wildman–Crippen MR) is 131 cm³/mol. The van der Waals surface area contributed by atoms with Crippen LogP contribution in [0.3, 0.4) is 0 Å². The monoisotopic (exact) mass is 464 g/mol. The molecule has 1 nitrogen and oxygen atoms in total. The van der Waals surface area contributed by atoms with Crippen molar-refractivity contribution in [2.45, 2.75) is 58.8 Å². The van der Waals surface area contributed by atoms with Crippen molar-refractivity contribution in [3.8, 4) is 5.75 Å². The molecule has 0 aromatic heterocycles. The van der Waals surface area contributed by atoms with Crippen molar-refractivity contribution in [3.05, 3.63) is 90.8 Å². The number of phenolic OH excluding ortho intramolecular Hbond substituents is 1. The number of aromatic hydroxyl groups is 1. The minimum atomic E-state index is -0.556. The van der Waals surface area contributed by atoms with E-state index < -0.39 is 17.0 Å². The van der Waals surface area contributed by atoms with Crippen LogP contribution < -0.4 is 0 Å². The van der Waals surface area contributed by atoms with Crippen LogP contribution in [0.1, 0.15) is 59.1 Å². The van der Waals surface area contributed by atoms with Crippen LogP contribution >= 0.6 is 18.6 Å². The van der Waals surface area contributed by atoms with Gasteiger partial charge in [-0.05, 0) is 22.0 Å². The van der Waals surface area contributed by atoms with Crippen molar-refractivity contribution in [2.75, 3.05) is 0 Å². The standard InChI is InChI=1S/C14H22O.C5H5.5CH3.2ClH.Ti/c1-13(2,3)10-8-7-9-11(12(10)15)14(4,5)6;1-2-4-5-3-1;;;;;;;;/h7-9,15H,1-6H3;1-3H,4H2;5*1H3;2*1H;/q;6*-1;;;+2/p-2. The van der Waals surface area contributed by atoms with Crippen molar-refractivity contribution < 1.29 is 22.1 Å². The number of para-hydroxylation sites is 1. The molecular weight excluding hydrogens is 423 g/mol. The van der Waals surface area contributed by atoms with Crippen molar-refractivity contribution in [2.24, 2.45) is 0 Å². The van der Waals surface area contributed by atoms with Gasteiger partial charge >= 0.3 is 35.6 Å². The summed E-state index contributed by atoms with van der Waals surface area (Å²) in [6.45, 7) is 12.7. The van der Waals surface area contributed by atoms with E-state index in [0.29, 0.717) is 5.75 Å². The third kappa shape index (κ3) is 16.7. The van der Waals surface area contributed by atoms with Gasteiger partial charge in [0.15, 0.2) is 0 Å². The van der Waals surface area contributed by atoms with Gasteiger partial charge in [0.2, 0.25) is 0 Å². The summed E-state index contributed by atoms with van der Waals surface area (Å²) in [6.07, 6.45) is 10.0. The van der Waals surface area contributed by atoms with E-state index >= 15 is 0 Å². The zero-order chi connectivity index (χ0) is 18.1. The van der Waals surface area contributed by atoms with Gasteiger partial charge in [0.1, 0.15) is 5.75 Å². The zero-order valence-electron chi connectivity index (χ0n) is 19.9. The van der Waals surface area contributed by atoms with Gasteiger partial charge in [0, 0.05) is 0 Å². The Morgan fingerprint density at radius 3 is 1.39 bits per heavy atom. The Labute approximate surface area is 195 Å². The average Bonchev–Trinajstić information content (AvgIpc) is 2.96. The van der Waals surface area contributed by atoms with Crippen molar-refractivity contribution in [1.82, 2.24) is 0 Å². The van der Waals surface area contributed by atoms with E-state index in [1.165, 1.54) is 0 Å². The van der Waals surface area contributed by atoms with Crippen LogP contribution in [0.25, 0.3) is 0 Å². The van der Waals surface area contributed by atoms with Crippen LogP contribution in [0.15, 0.2) is 36.4 Å². The molecule has 168 valence electrons. The molecule has 0 aliphatic heterocycles. The van der Waals surface area contributed by atoms with Crippen LogP contribution in [-0.4, -0.2) is 5.11 Å². The molecule has 1 aromatic carbocycles. The predicted octanol–water partition coefficient (Wildman–Crippen LogP) is 8.92. The summed E-state index contributed by atoms with van der Waals surface area (Å²) in [5.41, 5.74) is 2.03. The van der Waals surface area contributed by atoms with Crippen LogP contribution in [0.5, 0.6) is 5.75 Å². The van der Waals surface area contributed by atoms with E-state index in [1.54, 1.807) is 0 Å². The van der Waals surface area contributed by atoms with Crippen LogP contribution in [-0.2, 0) is 27.9 Å². The Bertz CT molecular complexity index is 482. The Kier molecular flexibility index (Phi) is 30.1. The molecule has 0 amide bonds. The molecule has 1 aromatic rings. The summed E-state index contributed by atoms with van der Waals surface area (Å²) in [5, 5.41) is 10.3. The van der Waals surface area contributed by atoms with Crippen molar-refractivity contribution in [3.63, 3.8) is 0 Å². The average molecular weight is 465 g/mol. The van der Waals surface area contributed by atoms with Gasteiger partial charge in [-0.25, -0.2) is 12.2 Å². The normalized spacial score (nSPS) is 10.6. The van der Waals surface area contributed by atoms with Gasteiger partial charge in [-0.15, -0.1) is 6.42 Å². The summed E-state index contributed by atoms with van der Waals surface area (Å²) < 4.78 is 0. The molecular formula is C24H42Cl2OTi-6. The number of hydrogen-bond donors (Lipinski definition) is 1. The molecule has 1 aliphatic rings. The summed E-state index contributed by atoms with van der Waals surface area (Å²) in [5.74, 6) is 0.456. The van der Waals surface area contributed by atoms with Gasteiger partial charge in [0.05, 0.1) is 0 Å². The second-order valence-corrected chi connectivity index (χ2v) is 9.86. The molecule has 0 unspecified atom stereocenters. The quantitative estimate of drug-likeness (QED) is 0.300. The molecule has 0 radical (unpaired) electrons. The summed E-state index contributed by atoms with van der Waals surface area (Å²) in [7, 11) is 9.78. The van der Waals surface area contributed by atoms with Gasteiger partial charge in [-0.1, -0.05) is 59.7 Å². The topological polar surface area (TPSA) is 20.2 Å². The van der Waals surface area contributed by atoms with Gasteiger partial charge in [-0.2, -0.15) is 6.08 Å². The fraction of sp³-hybridized carbons (Fsp3) is 0.375. The first kappa shape index (κ1) is 42.0. The maximum atomic E-state index is 10.3. The van der Waals surface area contributed by atoms with Crippen LogP contribution in [0.2, 0.25) is 0 Å². The number of rotatable bonds is 0. The molecule has 4 heteroatoms. The van der Waals surface area contributed by atoms with E-state index in [4.69, 9.17) is 18.6 Å². The molecule has 0 atom stereocenters. The number of benzene rings is 1. The number of hydrogen-bond acceptors (Lipinski definition) is 1. The first-order chi connectivity index (χ1) is 10.6. The minimum absolute atomic E-state index is 0. The Balaban J connectivity index is -0.0000000798. The van der Waals surface area contributed by atoms with E-state index in [9.17, 15) is 5.11 Å². The number of halogens is 2. The Morgan fingerprint density at radius 2 is 1.21 bits per heavy atom. The van der Waals surface area contributed by atoms with Crippen LogP contribution in [0.4, 0.5) is 0 Å². The molecule has 1 aliphatic carbocycles. The first-order valence-corrected chi connectivity index (χ1v) is 11.9. The van der Waals surface area contributed by atoms with Crippen LogP contribution in [0, 0.1) is 43.2 Å². The molecule has 0 saturated heterocycles. The Morgan fingerprint density at radius 1 is 0.857 bits per heavy atom. The van der Waals surface area contributed by atoms with E-state index in [2.05, 4.69) is 53.7 Å². The van der Waals surface area contributed by atoms with E-state index in [1.807, 2.05) is 30.4 Å². The SMILES string of the molecule is CC(C)(C)c1cccc(C(C)(C)C)c1O.[C-]1=CC=CC1.[CH3-].[CH3-].[CH3-].[CH3-].[CH3-].[Cl][Ti][Cl]. The van der Waals surface area contributed by atoms with Gasteiger partial charge in [-0.3, -0.25) is 6.08 Å². The summed E-state index contributed by atoms with van der Waals surface area (Å²) in [6, 6.07) is 6.04. The molecule has 28 heavy (non-hydrogen) atoms. The number of allylic oxidation sites excluding steroid dienone is 4. The zero-order valence-corrected chi connectivity index (χ0v) is 22.9. The molecule has 0 bridgehead atoms. The first-order valence-electron chi connectivity index (χ1n) is 7.56. The molecule has 1 N–H and O–H groups in total. The molecule has 0 heterocycles. The summed E-state index contributed by atoms with van der Waals surface area (Å²) >= 11 is -0.556. The van der Waals surface area contributed by atoms with E-state index in [-0.39, 0.29) is 48.0 Å². The van der Waals surface area contributed by atoms with Crippen molar-refractivity contribution >= 4 is 18.6 Å². The third-order valence-electron chi connectivity index (χ3n) is 3.24. The van der Waals surface area contributed by atoms with Crippen molar-refractivity contribution in [1.29, 1.82) is 0 Å². The molecule has 2 rings (SSSR count). The summed E-state index contributed by atoms with van der Waals surface area (Å²) in [4.78, 5) is 0. The number of phenols is 1. The fourth-order valence-electron chi connectivity index (χ4n) is 2.09. The second kappa shape index (κ2) is 20.1. The molecule has 0 spiro atoms. The van der Waals surface area contributed by atoms with Gasteiger partial charge < -0.3 is 42.2 Å². The van der Waals surface area contributed by atoms with E-state index in [0.717, 1.165) is 17.5 Å². The maximum absolute atomic E-state index is 10.3.